The van der Waals surface area contributed by atoms with Crippen LogP contribution in [0, 0.1) is 0 Å². The lowest BCUT2D eigenvalue weighted by Gasteiger charge is -2.30. The molecule has 3 aromatic rings. The first kappa shape index (κ1) is 17.6. The number of carbonyl (C=O) groups excluding carboxylic acids is 3. The van der Waals surface area contributed by atoms with E-state index in [1.165, 1.54) is 4.90 Å². The predicted molar refractivity (Wildman–Crippen MR) is 109 cm³/mol. The number of rotatable bonds is 3. The average Bonchev–Trinajstić information content (AvgIpc) is 3.02. The fourth-order valence-electron chi connectivity index (χ4n) is 4.38. The Balaban J connectivity index is 1.64. The van der Waals surface area contributed by atoms with Gasteiger partial charge in [-0.05, 0) is 35.1 Å². The lowest BCUT2D eigenvalue weighted by Crippen LogP contribution is -2.53. The first-order valence-electron chi connectivity index (χ1n) is 9.59. The van der Waals surface area contributed by atoms with E-state index in [1.54, 1.807) is 6.07 Å². The van der Waals surface area contributed by atoms with Crippen LogP contribution >= 0.6 is 0 Å². The van der Waals surface area contributed by atoms with Gasteiger partial charge < -0.3 is 5.73 Å². The monoisotopic (exact) mass is 385 g/mol. The second-order valence-corrected chi connectivity index (χ2v) is 7.43. The number of hydrogen-bond acceptors (Lipinski definition) is 4. The minimum absolute atomic E-state index is 0.217. The molecule has 6 nitrogen and oxygen atoms in total. The van der Waals surface area contributed by atoms with Crippen LogP contribution in [0.25, 0.3) is 10.8 Å². The zero-order valence-electron chi connectivity index (χ0n) is 15.6. The van der Waals surface area contributed by atoms with Crippen molar-refractivity contribution in [2.45, 2.75) is 24.9 Å². The summed E-state index contributed by atoms with van der Waals surface area (Å²) in [5.41, 5.74) is 9.72. The fourth-order valence-corrected chi connectivity index (χ4v) is 4.38. The van der Waals surface area contributed by atoms with Crippen LogP contribution in [0.3, 0.4) is 0 Å². The molecule has 0 aromatic heterocycles. The summed E-state index contributed by atoms with van der Waals surface area (Å²) >= 11 is 0. The highest BCUT2D eigenvalue weighted by atomic mass is 16.2. The molecule has 2 atom stereocenters. The largest absolute Gasteiger partial charge is 0.320 e. The Morgan fingerprint density at radius 1 is 0.966 bits per heavy atom. The topological polar surface area (TPSA) is 92.5 Å². The molecule has 1 saturated heterocycles. The van der Waals surface area contributed by atoms with E-state index in [-0.39, 0.29) is 24.3 Å². The highest BCUT2D eigenvalue weighted by Gasteiger charge is 2.41. The Morgan fingerprint density at radius 3 is 2.52 bits per heavy atom. The minimum Gasteiger partial charge on any atom is -0.320 e. The molecule has 2 aliphatic heterocycles. The summed E-state index contributed by atoms with van der Waals surface area (Å²) < 4.78 is 0. The van der Waals surface area contributed by atoms with Crippen LogP contribution in [0.1, 0.15) is 40.4 Å². The summed E-state index contributed by atoms with van der Waals surface area (Å²) in [7, 11) is 0. The first-order chi connectivity index (χ1) is 14.1. The number of nitrogens with one attached hydrogen (secondary N) is 1. The molecule has 29 heavy (non-hydrogen) atoms. The van der Waals surface area contributed by atoms with Crippen molar-refractivity contribution in [1.29, 1.82) is 0 Å². The molecule has 0 spiro atoms. The normalized spacial score (nSPS) is 19.6. The molecule has 2 unspecified atom stereocenters. The van der Waals surface area contributed by atoms with Gasteiger partial charge in [0, 0.05) is 17.4 Å². The maximum Gasteiger partial charge on any atom is 0.259 e. The molecular formula is C23H19N3O3. The first-order valence-corrected chi connectivity index (χ1v) is 9.59. The molecule has 0 aliphatic carbocycles. The summed E-state index contributed by atoms with van der Waals surface area (Å²) in [6, 6.07) is 18.1. The molecule has 1 fully saturated rings. The Labute approximate surface area is 167 Å². The Hall–Kier alpha value is -3.51. The number of benzene rings is 3. The molecule has 0 bridgehead atoms. The summed E-state index contributed by atoms with van der Waals surface area (Å²) in [6.45, 7) is 0. The van der Waals surface area contributed by atoms with E-state index in [4.69, 9.17) is 5.73 Å². The van der Waals surface area contributed by atoms with Crippen LogP contribution in [0.2, 0.25) is 0 Å². The van der Waals surface area contributed by atoms with Gasteiger partial charge >= 0.3 is 0 Å². The number of carbonyl (C=O) groups is 3. The van der Waals surface area contributed by atoms with Gasteiger partial charge in [0.15, 0.2) is 0 Å². The number of hydrogen-bond donors (Lipinski definition) is 2. The molecule has 0 radical (unpaired) electrons. The third-order valence-corrected chi connectivity index (χ3v) is 5.78. The van der Waals surface area contributed by atoms with Crippen molar-refractivity contribution in [3.63, 3.8) is 0 Å². The van der Waals surface area contributed by atoms with Crippen LogP contribution in [0.4, 0.5) is 5.69 Å². The van der Waals surface area contributed by atoms with Crippen LogP contribution in [-0.4, -0.2) is 23.8 Å². The second kappa shape index (κ2) is 6.53. The van der Waals surface area contributed by atoms with E-state index in [9.17, 15) is 14.4 Å². The number of piperidine rings is 1. The smallest absolute Gasteiger partial charge is 0.259 e. The van der Waals surface area contributed by atoms with Crippen LogP contribution < -0.4 is 16.0 Å². The van der Waals surface area contributed by atoms with Crippen molar-refractivity contribution >= 4 is 34.2 Å². The van der Waals surface area contributed by atoms with Gasteiger partial charge in [-0.25, -0.2) is 0 Å². The van der Waals surface area contributed by atoms with Gasteiger partial charge in [-0.1, -0.05) is 48.5 Å². The van der Waals surface area contributed by atoms with Crippen molar-refractivity contribution in [1.82, 2.24) is 5.32 Å². The van der Waals surface area contributed by atoms with Crippen LogP contribution in [0.15, 0.2) is 60.7 Å². The van der Waals surface area contributed by atoms with Crippen LogP contribution in [-0.2, 0) is 9.59 Å². The molecule has 5 rings (SSSR count). The predicted octanol–water partition coefficient (Wildman–Crippen LogP) is 2.65. The van der Waals surface area contributed by atoms with E-state index in [0.717, 1.165) is 21.9 Å². The van der Waals surface area contributed by atoms with E-state index in [1.807, 2.05) is 54.6 Å². The summed E-state index contributed by atoms with van der Waals surface area (Å²) in [4.78, 5) is 38.7. The van der Waals surface area contributed by atoms with Gasteiger partial charge in [0.2, 0.25) is 11.8 Å². The zero-order chi connectivity index (χ0) is 20.1. The maximum absolute atomic E-state index is 13.2. The number of imide groups is 1. The number of anilines is 1. The van der Waals surface area contributed by atoms with Crippen LogP contribution in [0.5, 0.6) is 0 Å². The Kier molecular flexibility index (Phi) is 3.96. The summed E-state index contributed by atoms with van der Waals surface area (Å²) in [6.07, 6.45) is 0.536. The molecule has 0 saturated carbocycles. The molecule has 3 amide bonds. The van der Waals surface area contributed by atoms with Gasteiger partial charge in [-0.3, -0.25) is 24.6 Å². The SMILES string of the molecule is NC(c1ccccc1)c1ccc2c3c(cccc13)C(=O)N2C1CCC(=O)NC1=O. The standard InChI is InChI=1S/C23H19N3O3/c24-21(13-5-2-1-3-6-13)15-9-10-17-20-14(15)7-4-8-16(20)23(29)26(17)18-11-12-19(27)25-22(18)28/h1-10,18,21H,11-12,24H2,(H,25,27,28). The lowest BCUT2D eigenvalue weighted by molar-refractivity contribution is -0.134. The third kappa shape index (κ3) is 2.64. The fraction of sp³-hybridized carbons (Fsp3) is 0.174. The molecule has 3 N–H and O–H groups in total. The van der Waals surface area contributed by atoms with E-state index in [2.05, 4.69) is 5.32 Å². The minimum atomic E-state index is -0.690. The van der Waals surface area contributed by atoms with Gasteiger partial charge in [0.25, 0.3) is 5.91 Å². The molecule has 3 aromatic carbocycles. The molecular weight excluding hydrogens is 366 g/mol. The quantitative estimate of drug-likeness (QED) is 0.678. The molecule has 2 heterocycles. The molecule has 2 aliphatic rings. The summed E-state index contributed by atoms with van der Waals surface area (Å²) in [5, 5.41) is 4.06. The van der Waals surface area contributed by atoms with Crippen molar-refractivity contribution in [3.05, 3.63) is 77.4 Å². The molecule has 6 heteroatoms. The van der Waals surface area contributed by atoms with Gasteiger partial charge in [-0.15, -0.1) is 0 Å². The second-order valence-electron chi connectivity index (χ2n) is 7.43. The Morgan fingerprint density at radius 2 is 1.76 bits per heavy atom. The van der Waals surface area contributed by atoms with Crippen molar-refractivity contribution in [3.8, 4) is 0 Å². The van der Waals surface area contributed by atoms with Crippen molar-refractivity contribution < 1.29 is 14.4 Å². The average molecular weight is 385 g/mol. The summed E-state index contributed by atoms with van der Waals surface area (Å²) in [5.74, 6) is -0.948. The number of amides is 3. The highest BCUT2D eigenvalue weighted by molar-refractivity contribution is 6.27. The van der Waals surface area contributed by atoms with Crippen molar-refractivity contribution in [2.24, 2.45) is 5.73 Å². The van der Waals surface area contributed by atoms with Gasteiger partial charge in [0.1, 0.15) is 6.04 Å². The Bertz CT molecular complexity index is 1170. The highest BCUT2D eigenvalue weighted by Crippen LogP contribution is 2.42. The van der Waals surface area contributed by atoms with Gasteiger partial charge in [0.05, 0.1) is 11.7 Å². The number of nitrogens with zero attached hydrogens (tertiary/aromatic N) is 1. The lowest BCUT2D eigenvalue weighted by atomic mass is 9.92. The third-order valence-electron chi connectivity index (χ3n) is 5.78. The maximum atomic E-state index is 13.2. The van der Waals surface area contributed by atoms with E-state index in [0.29, 0.717) is 17.7 Å². The number of nitrogens with two attached hydrogens (primary N) is 1. The van der Waals surface area contributed by atoms with Gasteiger partial charge in [-0.2, -0.15) is 0 Å². The molecule has 144 valence electrons. The zero-order valence-corrected chi connectivity index (χ0v) is 15.6. The van der Waals surface area contributed by atoms with E-state index < -0.39 is 11.9 Å². The van der Waals surface area contributed by atoms with Crippen molar-refractivity contribution in [2.75, 3.05) is 4.90 Å². The van der Waals surface area contributed by atoms with E-state index >= 15 is 0 Å².